The predicted molar refractivity (Wildman–Crippen MR) is 133 cm³/mol. The molecule has 0 amide bonds. The highest BCUT2D eigenvalue weighted by Crippen LogP contribution is 2.46. The second-order valence-corrected chi connectivity index (χ2v) is 15.5. The fraction of sp³-hybridized carbons (Fsp3) is 0.462. The van der Waals surface area contributed by atoms with Crippen molar-refractivity contribution in [3.63, 3.8) is 0 Å². The van der Waals surface area contributed by atoms with Gasteiger partial charge in [0.05, 0.1) is 4.92 Å². The van der Waals surface area contributed by atoms with E-state index >= 15 is 0 Å². The number of non-ortho nitro benzene ring substituents is 1. The van der Waals surface area contributed by atoms with Gasteiger partial charge in [-0.3, -0.25) is 10.1 Å². The molecule has 2 aromatic rings. The second kappa shape index (κ2) is 8.74. The first kappa shape index (κ1) is 24.0. The summed E-state index contributed by atoms with van der Waals surface area (Å²) in [7, 11) is -2.10. The first-order valence-electron chi connectivity index (χ1n) is 11.4. The number of ether oxygens (including phenoxy) is 1. The Labute approximate surface area is 192 Å². The zero-order chi connectivity index (χ0) is 23.8. The molecule has 0 atom stereocenters. The molecular formula is C26H35NO4Si. The molecular weight excluding hydrogens is 418 g/mol. The standard InChI is InChI=1S/C26H35NO4Si/c1-17(2)32(18(3)4,19(5)6)31-22-12-13-23-24(16-26(7,8)30-25(23)15-22)20-10-9-11-21(14-20)27(28)29/h9-19H,1-8H3. The molecule has 1 aliphatic rings. The van der Waals surface area contributed by atoms with Crippen molar-refractivity contribution >= 4 is 19.6 Å². The molecule has 0 saturated carbocycles. The number of benzene rings is 2. The number of nitro benzene ring substituents is 1. The van der Waals surface area contributed by atoms with E-state index in [1.165, 1.54) is 6.07 Å². The molecule has 0 radical (unpaired) electrons. The molecule has 1 aliphatic heterocycles. The third kappa shape index (κ3) is 4.46. The van der Waals surface area contributed by atoms with Gasteiger partial charge in [-0.15, -0.1) is 0 Å². The lowest BCUT2D eigenvalue weighted by Gasteiger charge is -2.42. The minimum atomic E-state index is -2.10. The lowest BCUT2D eigenvalue weighted by atomic mass is 9.90. The summed E-state index contributed by atoms with van der Waals surface area (Å²) in [6.07, 6.45) is 2.03. The van der Waals surface area contributed by atoms with Crippen LogP contribution in [0.25, 0.3) is 5.57 Å². The highest BCUT2D eigenvalue weighted by atomic mass is 28.4. The van der Waals surface area contributed by atoms with Crippen LogP contribution in [0.15, 0.2) is 48.5 Å². The average molecular weight is 454 g/mol. The highest BCUT2D eigenvalue weighted by Gasteiger charge is 2.47. The maximum absolute atomic E-state index is 11.3. The summed E-state index contributed by atoms with van der Waals surface area (Å²) in [6.45, 7) is 17.6. The number of nitrogens with zero attached hydrogens (tertiary/aromatic N) is 1. The van der Waals surface area contributed by atoms with E-state index in [0.717, 1.165) is 28.2 Å². The molecule has 5 nitrogen and oxygen atoms in total. The summed E-state index contributed by atoms with van der Waals surface area (Å²) in [5, 5.41) is 11.3. The molecule has 32 heavy (non-hydrogen) atoms. The molecule has 1 heterocycles. The lowest BCUT2D eigenvalue weighted by Crippen LogP contribution is -2.50. The van der Waals surface area contributed by atoms with Crippen molar-refractivity contribution in [1.82, 2.24) is 0 Å². The van der Waals surface area contributed by atoms with Crippen molar-refractivity contribution in [2.75, 3.05) is 0 Å². The summed E-state index contributed by atoms with van der Waals surface area (Å²) in [4.78, 5) is 10.9. The molecule has 3 rings (SSSR count). The second-order valence-electron chi connectivity index (χ2n) is 10.1. The number of hydrogen-bond donors (Lipinski definition) is 0. The van der Waals surface area contributed by atoms with E-state index in [1.54, 1.807) is 12.1 Å². The first-order chi connectivity index (χ1) is 14.9. The normalized spacial score (nSPS) is 15.4. The van der Waals surface area contributed by atoms with E-state index in [0.29, 0.717) is 16.6 Å². The van der Waals surface area contributed by atoms with Gasteiger partial charge in [0.15, 0.2) is 0 Å². The van der Waals surface area contributed by atoms with Gasteiger partial charge >= 0.3 is 0 Å². The Hall–Kier alpha value is -2.60. The van der Waals surface area contributed by atoms with Gasteiger partial charge < -0.3 is 9.16 Å². The zero-order valence-electron chi connectivity index (χ0n) is 20.4. The van der Waals surface area contributed by atoms with Gasteiger partial charge in [-0.05, 0) is 59.8 Å². The molecule has 0 fully saturated rings. The van der Waals surface area contributed by atoms with Gasteiger partial charge in [0.25, 0.3) is 14.0 Å². The number of hydrogen-bond acceptors (Lipinski definition) is 4. The SMILES string of the molecule is CC(C)[Si](Oc1ccc2c(c1)OC(C)(C)C=C2c1cccc([N+](=O)[O-])c1)(C(C)C)C(C)C. The lowest BCUT2D eigenvalue weighted by molar-refractivity contribution is -0.384. The Bertz CT molecular complexity index is 1020. The third-order valence-electron chi connectivity index (χ3n) is 6.48. The molecule has 0 bridgehead atoms. The maximum Gasteiger partial charge on any atom is 0.270 e. The molecule has 0 aromatic heterocycles. The number of fused-ring (bicyclic) bond motifs is 1. The van der Waals surface area contributed by atoms with Crippen molar-refractivity contribution in [2.45, 2.75) is 77.6 Å². The fourth-order valence-corrected chi connectivity index (χ4v) is 10.4. The van der Waals surface area contributed by atoms with E-state index in [1.807, 2.05) is 44.2 Å². The molecule has 0 aliphatic carbocycles. The van der Waals surface area contributed by atoms with Gasteiger partial charge in [-0.2, -0.15) is 0 Å². The summed E-state index contributed by atoms with van der Waals surface area (Å²) in [5.41, 5.74) is 3.60. The topological polar surface area (TPSA) is 61.6 Å². The van der Waals surface area contributed by atoms with E-state index < -0.39 is 13.9 Å². The Morgan fingerprint density at radius 1 is 0.969 bits per heavy atom. The molecule has 0 N–H and O–H groups in total. The largest absolute Gasteiger partial charge is 0.543 e. The van der Waals surface area contributed by atoms with Crippen LogP contribution < -0.4 is 9.16 Å². The highest BCUT2D eigenvalue weighted by molar-refractivity contribution is 6.78. The van der Waals surface area contributed by atoms with Crippen molar-refractivity contribution in [2.24, 2.45) is 0 Å². The van der Waals surface area contributed by atoms with Gasteiger partial charge in [-0.1, -0.05) is 53.7 Å². The summed E-state index contributed by atoms with van der Waals surface area (Å²) >= 11 is 0. The Morgan fingerprint density at radius 3 is 2.16 bits per heavy atom. The van der Waals surface area contributed by atoms with E-state index in [-0.39, 0.29) is 10.6 Å². The molecule has 0 unspecified atom stereocenters. The molecule has 172 valence electrons. The minimum Gasteiger partial charge on any atom is -0.543 e. The minimum absolute atomic E-state index is 0.0794. The van der Waals surface area contributed by atoms with Crippen LogP contribution in [0.2, 0.25) is 16.6 Å². The van der Waals surface area contributed by atoms with Crippen LogP contribution in [0.5, 0.6) is 11.5 Å². The molecule has 0 spiro atoms. The van der Waals surface area contributed by atoms with Crippen LogP contribution >= 0.6 is 0 Å². The molecule has 6 heteroatoms. The maximum atomic E-state index is 11.3. The Balaban J connectivity index is 2.08. The monoisotopic (exact) mass is 453 g/mol. The van der Waals surface area contributed by atoms with Crippen molar-refractivity contribution in [1.29, 1.82) is 0 Å². The van der Waals surface area contributed by atoms with Gasteiger partial charge in [0, 0.05) is 23.8 Å². The van der Waals surface area contributed by atoms with Crippen LogP contribution in [0, 0.1) is 10.1 Å². The summed E-state index contributed by atoms with van der Waals surface area (Å²) in [5.74, 6) is 1.58. The molecule has 2 aromatic carbocycles. The molecule has 0 saturated heterocycles. The number of rotatable bonds is 7. The Morgan fingerprint density at radius 2 is 1.59 bits per heavy atom. The number of nitro groups is 1. The van der Waals surface area contributed by atoms with E-state index in [2.05, 4.69) is 41.5 Å². The zero-order valence-corrected chi connectivity index (χ0v) is 21.4. The Kier molecular flexibility index (Phi) is 6.56. The quantitative estimate of drug-likeness (QED) is 0.244. The van der Waals surface area contributed by atoms with Crippen LogP contribution in [0.4, 0.5) is 5.69 Å². The predicted octanol–water partition coefficient (Wildman–Crippen LogP) is 7.75. The van der Waals surface area contributed by atoms with Crippen molar-refractivity contribution in [3.05, 3.63) is 69.8 Å². The van der Waals surface area contributed by atoms with E-state index in [9.17, 15) is 10.1 Å². The van der Waals surface area contributed by atoms with Crippen LogP contribution in [0.1, 0.15) is 66.5 Å². The van der Waals surface area contributed by atoms with Crippen molar-refractivity contribution in [3.8, 4) is 11.5 Å². The van der Waals surface area contributed by atoms with Crippen LogP contribution in [0.3, 0.4) is 0 Å². The van der Waals surface area contributed by atoms with Gasteiger partial charge in [-0.25, -0.2) is 0 Å². The average Bonchev–Trinajstić information content (AvgIpc) is 2.69. The summed E-state index contributed by atoms with van der Waals surface area (Å²) in [6, 6.07) is 12.8. The van der Waals surface area contributed by atoms with Gasteiger partial charge in [0.2, 0.25) is 0 Å². The van der Waals surface area contributed by atoms with Crippen LogP contribution in [-0.4, -0.2) is 18.8 Å². The first-order valence-corrected chi connectivity index (χ1v) is 13.5. The summed E-state index contributed by atoms with van der Waals surface area (Å²) < 4.78 is 13.2. The van der Waals surface area contributed by atoms with E-state index in [4.69, 9.17) is 9.16 Å². The smallest absolute Gasteiger partial charge is 0.270 e. The van der Waals surface area contributed by atoms with Gasteiger partial charge in [0.1, 0.15) is 17.1 Å². The fourth-order valence-electron chi connectivity index (χ4n) is 5.19. The van der Waals surface area contributed by atoms with Crippen molar-refractivity contribution < 1.29 is 14.1 Å². The van der Waals surface area contributed by atoms with Crippen LogP contribution in [-0.2, 0) is 0 Å². The third-order valence-corrected chi connectivity index (χ3v) is 12.5.